The highest BCUT2D eigenvalue weighted by atomic mass is 32.2. The molecule has 2 rings (SSSR count). The van der Waals surface area contributed by atoms with Gasteiger partial charge in [0.15, 0.2) is 11.5 Å². The molecule has 1 heterocycles. The molecule has 0 aromatic heterocycles. The third kappa shape index (κ3) is 2.58. The summed E-state index contributed by atoms with van der Waals surface area (Å²) in [5, 5.41) is 0. The van der Waals surface area contributed by atoms with Crippen LogP contribution in [0.25, 0.3) is 0 Å². The van der Waals surface area contributed by atoms with Gasteiger partial charge in [0.1, 0.15) is 0 Å². The van der Waals surface area contributed by atoms with Gasteiger partial charge in [-0.2, -0.15) is 0 Å². The maximum Gasteiger partial charge on any atom is 0.231 e. The van der Waals surface area contributed by atoms with Gasteiger partial charge in [-0.1, -0.05) is 6.07 Å². The highest BCUT2D eigenvalue weighted by Crippen LogP contribution is 2.34. The lowest BCUT2D eigenvalue weighted by molar-refractivity contribution is 0.174. The predicted octanol–water partition coefficient (Wildman–Crippen LogP) is 0.307. The molecule has 0 amide bonds. The number of benzene rings is 1. The molecule has 0 saturated carbocycles. The van der Waals surface area contributed by atoms with E-state index >= 15 is 0 Å². The van der Waals surface area contributed by atoms with Crippen LogP contribution in [-0.2, 0) is 10.0 Å². The molecule has 0 spiro atoms. The maximum atomic E-state index is 11.7. The first-order valence-electron chi connectivity index (χ1n) is 5.45. The van der Waals surface area contributed by atoms with Crippen LogP contribution in [0.15, 0.2) is 18.2 Å². The molecule has 6 nitrogen and oxygen atoms in total. The average molecular weight is 272 g/mol. The summed E-state index contributed by atoms with van der Waals surface area (Å²) in [5.74, 6) is 1.12. The molecule has 0 saturated heterocycles. The van der Waals surface area contributed by atoms with Crippen LogP contribution in [-0.4, -0.2) is 39.4 Å². The number of fused-ring (bicyclic) bond motifs is 1. The van der Waals surface area contributed by atoms with Crippen molar-refractivity contribution in [2.75, 3.05) is 26.6 Å². The van der Waals surface area contributed by atoms with E-state index in [9.17, 15) is 8.42 Å². The van der Waals surface area contributed by atoms with Gasteiger partial charge in [-0.25, -0.2) is 12.7 Å². The number of nitrogens with zero attached hydrogens (tertiary/aromatic N) is 1. The molecule has 1 aliphatic rings. The van der Waals surface area contributed by atoms with E-state index in [1.54, 1.807) is 18.2 Å². The van der Waals surface area contributed by atoms with Crippen LogP contribution in [0.2, 0.25) is 0 Å². The van der Waals surface area contributed by atoms with E-state index in [4.69, 9.17) is 15.2 Å². The number of sulfonamides is 1. The molecule has 1 aromatic rings. The molecule has 0 fully saturated rings. The number of nitrogens with two attached hydrogens (primary N) is 1. The van der Waals surface area contributed by atoms with Gasteiger partial charge in [-0.05, 0) is 17.7 Å². The van der Waals surface area contributed by atoms with Gasteiger partial charge in [-0.15, -0.1) is 0 Å². The second kappa shape index (κ2) is 4.75. The van der Waals surface area contributed by atoms with Crippen LogP contribution >= 0.6 is 0 Å². The number of hydrogen-bond acceptors (Lipinski definition) is 5. The maximum absolute atomic E-state index is 11.7. The molecule has 1 aliphatic heterocycles. The highest BCUT2D eigenvalue weighted by molar-refractivity contribution is 7.89. The molecule has 1 aromatic carbocycles. The van der Waals surface area contributed by atoms with E-state index in [0.717, 1.165) is 0 Å². The molecule has 0 radical (unpaired) electrons. The summed E-state index contributed by atoms with van der Waals surface area (Å²) in [6, 6.07) is 4.62. The minimum Gasteiger partial charge on any atom is -0.454 e. The van der Waals surface area contributed by atoms with Crippen LogP contribution in [0.4, 0.5) is 0 Å². The Labute approximate surface area is 106 Å². The van der Waals surface area contributed by atoms with Crippen molar-refractivity contribution in [3.8, 4) is 11.5 Å². The third-order valence-corrected chi connectivity index (χ3v) is 4.66. The predicted molar refractivity (Wildman–Crippen MR) is 67.0 cm³/mol. The smallest absolute Gasteiger partial charge is 0.231 e. The Kier molecular flexibility index (Phi) is 3.47. The van der Waals surface area contributed by atoms with Gasteiger partial charge < -0.3 is 15.2 Å². The molecular formula is C11H16N2O4S. The van der Waals surface area contributed by atoms with Gasteiger partial charge in [0.25, 0.3) is 0 Å². The fourth-order valence-corrected chi connectivity index (χ4v) is 2.56. The summed E-state index contributed by atoms with van der Waals surface area (Å²) < 4.78 is 35.1. The lowest BCUT2D eigenvalue weighted by atomic mass is 10.1. The first kappa shape index (κ1) is 13.1. The van der Waals surface area contributed by atoms with Crippen LogP contribution < -0.4 is 15.2 Å². The molecule has 1 atom stereocenters. The second-order valence-corrected chi connectivity index (χ2v) is 6.51. The molecule has 7 heteroatoms. The number of hydrogen-bond donors (Lipinski definition) is 1. The van der Waals surface area contributed by atoms with Crippen molar-refractivity contribution in [3.63, 3.8) is 0 Å². The zero-order valence-electron chi connectivity index (χ0n) is 10.3. The van der Waals surface area contributed by atoms with Crippen LogP contribution in [0.5, 0.6) is 11.5 Å². The van der Waals surface area contributed by atoms with Gasteiger partial charge in [-0.3, -0.25) is 0 Å². The number of ether oxygens (including phenoxy) is 2. The van der Waals surface area contributed by atoms with E-state index in [1.165, 1.54) is 18.4 Å². The van der Waals surface area contributed by atoms with Gasteiger partial charge in [0.2, 0.25) is 16.8 Å². The summed E-state index contributed by atoms with van der Waals surface area (Å²) in [4.78, 5) is 0. The van der Waals surface area contributed by atoms with Crippen molar-refractivity contribution in [2.24, 2.45) is 5.73 Å². The Morgan fingerprint density at radius 2 is 2.00 bits per heavy atom. The third-order valence-electron chi connectivity index (χ3n) is 2.77. The zero-order valence-corrected chi connectivity index (χ0v) is 11.1. The minimum atomic E-state index is -3.32. The summed E-state index contributed by atoms with van der Waals surface area (Å²) in [5.41, 5.74) is 6.62. The Balaban J connectivity index is 2.17. The minimum absolute atomic E-state index is 0.139. The molecule has 0 aliphatic carbocycles. The van der Waals surface area contributed by atoms with E-state index in [2.05, 4.69) is 0 Å². The highest BCUT2D eigenvalue weighted by Gasteiger charge is 2.22. The summed E-state index contributed by atoms with van der Waals surface area (Å²) in [6.45, 7) is 0.185. The fourth-order valence-electron chi connectivity index (χ4n) is 1.62. The quantitative estimate of drug-likeness (QED) is 0.853. The summed E-state index contributed by atoms with van der Waals surface area (Å²) in [7, 11) is -0.348. The Bertz CT molecular complexity index is 542. The van der Waals surface area contributed by atoms with Crippen molar-refractivity contribution in [1.29, 1.82) is 0 Å². The first-order chi connectivity index (χ1) is 8.40. The molecule has 1 unspecified atom stereocenters. The standard InChI is InChI=1S/C11H16N2O4S/c1-13(2)18(14,15)6-9(12)8-3-4-10-11(5-8)17-7-16-10/h3-5,9H,6-7,12H2,1-2H3. The van der Waals surface area contributed by atoms with E-state index in [0.29, 0.717) is 17.1 Å². The largest absolute Gasteiger partial charge is 0.454 e. The van der Waals surface area contributed by atoms with Gasteiger partial charge in [0.05, 0.1) is 5.75 Å². The fraction of sp³-hybridized carbons (Fsp3) is 0.455. The van der Waals surface area contributed by atoms with Crippen molar-refractivity contribution in [1.82, 2.24) is 4.31 Å². The average Bonchev–Trinajstić information content (AvgIpc) is 2.74. The van der Waals surface area contributed by atoms with E-state index in [-0.39, 0.29) is 12.5 Å². The monoisotopic (exact) mass is 272 g/mol. The summed E-state index contributed by atoms with van der Waals surface area (Å²) in [6.07, 6.45) is 0. The SMILES string of the molecule is CN(C)S(=O)(=O)CC(N)c1ccc2c(c1)OCO2. The van der Waals surface area contributed by atoms with Crippen molar-refractivity contribution in [3.05, 3.63) is 23.8 Å². The van der Waals surface area contributed by atoms with Crippen LogP contribution in [0.1, 0.15) is 11.6 Å². The van der Waals surface area contributed by atoms with Crippen LogP contribution in [0, 0.1) is 0 Å². The van der Waals surface area contributed by atoms with E-state index in [1.807, 2.05) is 0 Å². The first-order valence-corrected chi connectivity index (χ1v) is 7.06. The Morgan fingerprint density at radius 1 is 1.33 bits per heavy atom. The van der Waals surface area contributed by atoms with Gasteiger partial charge in [0, 0.05) is 20.1 Å². The van der Waals surface area contributed by atoms with Gasteiger partial charge >= 0.3 is 0 Å². The molecule has 100 valence electrons. The molecule has 18 heavy (non-hydrogen) atoms. The number of rotatable bonds is 4. The van der Waals surface area contributed by atoms with Crippen molar-refractivity contribution in [2.45, 2.75) is 6.04 Å². The van der Waals surface area contributed by atoms with E-state index < -0.39 is 16.1 Å². The van der Waals surface area contributed by atoms with Crippen molar-refractivity contribution < 1.29 is 17.9 Å². The van der Waals surface area contributed by atoms with Crippen molar-refractivity contribution >= 4 is 10.0 Å². The molecule has 0 bridgehead atoms. The van der Waals surface area contributed by atoms with Crippen LogP contribution in [0.3, 0.4) is 0 Å². The molecule has 2 N–H and O–H groups in total. The molecular weight excluding hydrogens is 256 g/mol. The zero-order chi connectivity index (χ0) is 13.3. The summed E-state index contributed by atoms with van der Waals surface area (Å²) >= 11 is 0. The second-order valence-electron chi connectivity index (χ2n) is 4.28. The lowest BCUT2D eigenvalue weighted by Crippen LogP contribution is -2.31. The normalized spacial score (nSPS) is 16.0. The Hall–Kier alpha value is -1.31. The lowest BCUT2D eigenvalue weighted by Gasteiger charge is -2.16. The topological polar surface area (TPSA) is 81.9 Å². The Morgan fingerprint density at radius 3 is 2.67 bits per heavy atom.